The lowest BCUT2D eigenvalue weighted by atomic mass is 10.2. The van der Waals surface area contributed by atoms with Crippen molar-refractivity contribution in [1.29, 1.82) is 0 Å². The second-order valence-electron chi connectivity index (χ2n) is 3.84. The zero-order valence-electron chi connectivity index (χ0n) is 9.37. The number of halogens is 2. The van der Waals surface area contributed by atoms with Crippen molar-refractivity contribution < 1.29 is 4.39 Å². The van der Waals surface area contributed by atoms with Gasteiger partial charge in [0.25, 0.3) is 0 Å². The Morgan fingerprint density at radius 2 is 2.24 bits per heavy atom. The third-order valence-corrected chi connectivity index (χ3v) is 3.13. The Morgan fingerprint density at radius 3 is 2.82 bits per heavy atom. The Kier molecular flexibility index (Phi) is 3.59. The summed E-state index contributed by atoms with van der Waals surface area (Å²) < 4.78 is 13.5. The third-order valence-electron chi connectivity index (χ3n) is 2.15. The quantitative estimate of drug-likeness (QED) is 0.909. The van der Waals surface area contributed by atoms with Crippen molar-refractivity contribution in [3.8, 4) is 0 Å². The van der Waals surface area contributed by atoms with Crippen molar-refractivity contribution in [2.45, 2.75) is 19.8 Å². The van der Waals surface area contributed by atoms with Gasteiger partial charge in [0.1, 0.15) is 0 Å². The van der Waals surface area contributed by atoms with Crippen LogP contribution in [0.2, 0.25) is 5.02 Å². The van der Waals surface area contributed by atoms with E-state index >= 15 is 0 Å². The van der Waals surface area contributed by atoms with Gasteiger partial charge < -0.3 is 5.32 Å². The fraction of sp³-hybridized carbons (Fsp3) is 0.273. The van der Waals surface area contributed by atoms with Gasteiger partial charge in [0.15, 0.2) is 16.8 Å². The van der Waals surface area contributed by atoms with E-state index in [2.05, 4.69) is 29.1 Å². The van der Waals surface area contributed by atoms with E-state index in [1.807, 2.05) is 5.38 Å². The van der Waals surface area contributed by atoms with Gasteiger partial charge in [-0.25, -0.2) is 14.4 Å². The van der Waals surface area contributed by atoms with Crippen LogP contribution in [-0.4, -0.2) is 9.97 Å². The number of thiazole rings is 1. The molecule has 0 amide bonds. The topological polar surface area (TPSA) is 37.8 Å². The van der Waals surface area contributed by atoms with E-state index < -0.39 is 5.82 Å². The number of nitrogens with zero attached hydrogens (tertiary/aromatic N) is 2. The Hall–Kier alpha value is -1.20. The summed E-state index contributed by atoms with van der Waals surface area (Å²) >= 11 is 7.05. The molecule has 0 aromatic carbocycles. The molecular formula is C11H11ClFN3S. The lowest BCUT2D eigenvalue weighted by molar-refractivity contribution is 0.626. The highest BCUT2D eigenvalue weighted by Gasteiger charge is 2.09. The van der Waals surface area contributed by atoms with Gasteiger partial charge in [0.05, 0.1) is 10.7 Å². The molecule has 1 N–H and O–H groups in total. The molecular weight excluding hydrogens is 261 g/mol. The summed E-state index contributed by atoms with van der Waals surface area (Å²) in [5.74, 6) is 0.00248. The predicted molar refractivity (Wildman–Crippen MR) is 68.7 cm³/mol. The molecule has 0 aliphatic heterocycles. The zero-order valence-corrected chi connectivity index (χ0v) is 10.9. The molecule has 0 bridgehead atoms. The number of rotatable bonds is 3. The number of anilines is 2. The van der Waals surface area contributed by atoms with Crippen molar-refractivity contribution in [3.63, 3.8) is 0 Å². The van der Waals surface area contributed by atoms with Crippen molar-refractivity contribution in [1.82, 2.24) is 9.97 Å². The molecule has 0 aliphatic carbocycles. The molecule has 0 saturated carbocycles. The summed E-state index contributed by atoms with van der Waals surface area (Å²) in [5.41, 5.74) is 0.979. The van der Waals surface area contributed by atoms with Crippen molar-refractivity contribution >= 4 is 33.9 Å². The Labute approximate surface area is 108 Å². The molecule has 6 heteroatoms. The van der Waals surface area contributed by atoms with Crippen LogP contribution in [0.3, 0.4) is 0 Å². The molecule has 0 radical (unpaired) electrons. The predicted octanol–water partition coefficient (Wildman–Crippen LogP) is 4.20. The lowest BCUT2D eigenvalue weighted by Gasteiger charge is -2.03. The van der Waals surface area contributed by atoms with E-state index in [0.29, 0.717) is 11.0 Å². The lowest BCUT2D eigenvalue weighted by Crippen LogP contribution is -1.97. The fourth-order valence-corrected chi connectivity index (χ4v) is 2.23. The van der Waals surface area contributed by atoms with E-state index in [1.54, 1.807) is 0 Å². The molecule has 3 nitrogen and oxygen atoms in total. The smallest absolute Gasteiger partial charge is 0.188 e. The molecule has 0 atom stereocenters. The summed E-state index contributed by atoms with van der Waals surface area (Å²) in [6.45, 7) is 4.11. The third kappa shape index (κ3) is 2.92. The van der Waals surface area contributed by atoms with Crippen LogP contribution in [0.1, 0.15) is 25.5 Å². The highest BCUT2D eigenvalue weighted by atomic mass is 35.5. The maximum atomic E-state index is 13.5. The Balaban J connectivity index is 2.19. The summed E-state index contributed by atoms with van der Waals surface area (Å²) in [4.78, 5) is 8.21. The normalized spacial score (nSPS) is 10.9. The van der Waals surface area contributed by atoms with Crippen LogP contribution in [0.4, 0.5) is 15.3 Å². The van der Waals surface area contributed by atoms with E-state index in [0.717, 1.165) is 5.69 Å². The highest BCUT2D eigenvalue weighted by molar-refractivity contribution is 7.13. The van der Waals surface area contributed by atoms with Crippen molar-refractivity contribution in [3.05, 3.63) is 34.2 Å². The number of aromatic nitrogens is 2. The van der Waals surface area contributed by atoms with Gasteiger partial charge in [0, 0.05) is 11.6 Å². The second-order valence-corrected chi connectivity index (χ2v) is 5.14. The van der Waals surface area contributed by atoms with Crippen LogP contribution < -0.4 is 5.32 Å². The first-order valence-corrected chi connectivity index (χ1v) is 6.35. The number of hydrogen-bond donors (Lipinski definition) is 1. The molecule has 0 saturated heterocycles. The van der Waals surface area contributed by atoms with Crippen LogP contribution >= 0.6 is 22.9 Å². The maximum absolute atomic E-state index is 13.5. The van der Waals surface area contributed by atoms with Gasteiger partial charge in [0.2, 0.25) is 0 Å². The molecule has 0 spiro atoms. The molecule has 2 aromatic rings. The zero-order chi connectivity index (χ0) is 12.4. The van der Waals surface area contributed by atoms with Gasteiger partial charge >= 0.3 is 0 Å². The number of hydrogen-bond acceptors (Lipinski definition) is 4. The van der Waals surface area contributed by atoms with Crippen LogP contribution in [0.5, 0.6) is 0 Å². The van der Waals surface area contributed by atoms with Crippen molar-refractivity contribution in [2.75, 3.05) is 5.32 Å². The minimum Gasteiger partial charge on any atom is -0.314 e. The van der Waals surface area contributed by atoms with Crippen LogP contribution in [0.25, 0.3) is 0 Å². The summed E-state index contributed by atoms with van der Waals surface area (Å²) in [5, 5.41) is 5.68. The average Bonchev–Trinajstić information content (AvgIpc) is 2.71. The van der Waals surface area contributed by atoms with E-state index in [-0.39, 0.29) is 10.8 Å². The minimum absolute atomic E-state index is 0.138. The molecule has 0 aliphatic rings. The fourth-order valence-electron chi connectivity index (χ4n) is 1.22. The summed E-state index contributed by atoms with van der Waals surface area (Å²) in [6.07, 6.45) is 1.39. The standard InChI is InChI=1S/C11H11ClFN3S/c1-6(2)9-5-17-11(15-9)16-10-8(13)3-7(12)4-14-10/h3-6H,1-2H3,(H,14,15,16). The largest absolute Gasteiger partial charge is 0.314 e. The average molecular weight is 272 g/mol. The molecule has 0 fully saturated rings. The van der Waals surface area contributed by atoms with Crippen LogP contribution in [-0.2, 0) is 0 Å². The number of pyridine rings is 1. The molecule has 0 unspecified atom stereocenters. The van der Waals surface area contributed by atoms with Crippen LogP contribution in [0, 0.1) is 5.82 Å². The first-order chi connectivity index (χ1) is 8.06. The Bertz CT molecular complexity index is 527. The van der Waals surface area contributed by atoms with Gasteiger partial charge in [-0.15, -0.1) is 11.3 Å². The van der Waals surface area contributed by atoms with Crippen molar-refractivity contribution in [2.24, 2.45) is 0 Å². The first kappa shape index (κ1) is 12.3. The molecule has 2 aromatic heterocycles. The van der Waals surface area contributed by atoms with E-state index in [4.69, 9.17) is 11.6 Å². The highest BCUT2D eigenvalue weighted by Crippen LogP contribution is 2.25. The van der Waals surface area contributed by atoms with Gasteiger partial charge in [-0.3, -0.25) is 0 Å². The van der Waals surface area contributed by atoms with Gasteiger partial charge in [-0.05, 0) is 12.0 Å². The monoisotopic (exact) mass is 271 g/mol. The Morgan fingerprint density at radius 1 is 1.47 bits per heavy atom. The maximum Gasteiger partial charge on any atom is 0.188 e. The van der Waals surface area contributed by atoms with Gasteiger partial charge in [-0.1, -0.05) is 25.4 Å². The van der Waals surface area contributed by atoms with E-state index in [1.165, 1.54) is 23.6 Å². The van der Waals surface area contributed by atoms with E-state index in [9.17, 15) is 4.39 Å². The SMILES string of the molecule is CC(C)c1csc(Nc2ncc(Cl)cc2F)n1. The van der Waals surface area contributed by atoms with Crippen LogP contribution in [0.15, 0.2) is 17.6 Å². The minimum atomic E-state index is -0.487. The first-order valence-electron chi connectivity index (χ1n) is 5.09. The summed E-state index contributed by atoms with van der Waals surface area (Å²) in [7, 11) is 0. The molecule has 2 heterocycles. The molecule has 90 valence electrons. The van der Waals surface area contributed by atoms with Gasteiger partial charge in [-0.2, -0.15) is 0 Å². The molecule has 17 heavy (non-hydrogen) atoms. The number of nitrogens with one attached hydrogen (secondary N) is 1. The molecule has 2 rings (SSSR count). The second kappa shape index (κ2) is 4.98. The summed E-state index contributed by atoms with van der Waals surface area (Å²) in [6, 6.07) is 1.22.